The Bertz CT molecular complexity index is 169. The molecule has 2 N–H and O–H groups in total. The zero-order valence-electron chi connectivity index (χ0n) is 5.00. The molecule has 0 heterocycles. The molecule has 1 aromatic carbocycles. The van der Waals surface area contributed by atoms with Crippen LogP contribution in [0.1, 0.15) is 0 Å². The summed E-state index contributed by atoms with van der Waals surface area (Å²) in [5.74, 6) is 0. The van der Waals surface area contributed by atoms with Crippen molar-refractivity contribution in [2.45, 2.75) is 0 Å². The van der Waals surface area contributed by atoms with Gasteiger partial charge in [0.15, 0.2) is 0 Å². The second kappa shape index (κ2) is 4.05. The number of nitrogen functional groups attached to an aromatic ring is 1. The predicted molar refractivity (Wildman–Crippen MR) is 36.2 cm³/mol. The molecular formula is C6H6NSeZn. The van der Waals surface area contributed by atoms with Crippen LogP contribution in [-0.4, -0.2) is 16.0 Å². The van der Waals surface area contributed by atoms with Gasteiger partial charge >= 0.3 is 56.2 Å². The minimum Gasteiger partial charge on any atom is 0 e. The van der Waals surface area contributed by atoms with Gasteiger partial charge in [0.05, 0.1) is 0 Å². The number of hydrogen-bond donors (Lipinski definition) is 1. The summed E-state index contributed by atoms with van der Waals surface area (Å²) in [7, 11) is 0. The first-order valence-electron chi connectivity index (χ1n) is 2.32. The van der Waals surface area contributed by atoms with E-state index in [1.807, 2.05) is 24.3 Å². The molecule has 1 nitrogen and oxygen atoms in total. The largest absolute Gasteiger partial charge is 0 e. The van der Waals surface area contributed by atoms with Crippen molar-refractivity contribution in [1.29, 1.82) is 0 Å². The normalized spacial score (nSPS) is 8.00. The van der Waals surface area contributed by atoms with Crippen molar-refractivity contribution in [3.05, 3.63) is 24.3 Å². The first kappa shape index (κ1) is 9.16. The fraction of sp³-hybridized carbons (Fsp3) is 0. The van der Waals surface area contributed by atoms with Crippen LogP contribution >= 0.6 is 0 Å². The van der Waals surface area contributed by atoms with E-state index in [4.69, 9.17) is 5.73 Å². The molecule has 0 aliphatic rings. The van der Waals surface area contributed by atoms with Gasteiger partial charge in [-0.15, -0.1) is 0 Å². The predicted octanol–water partition coefficient (Wildman–Crippen LogP) is 0.0601. The SMILES string of the molecule is Nc1ccccc1[Se].[Zn]. The van der Waals surface area contributed by atoms with Crippen LogP contribution in [0.2, 0.25) is 0 Å². The molecule has 0 spiro atoms. The Morgan fingerprint density at radius 2 is 1.78 bits per heavy atom. The third kappa shape index (κ3) is 2.49. The average Bonchev–Trinajstić information content (AvgIpc) is 1.77. The molecule has 0 aromatic heterocycles. The summed E-state index contributed by atoms with van der Waals surface area (Å²) in [5, 5.41) is 0. The Balaban J connectivity index is 0.000000640. The van der Waals surface area contributed by atoms with Crippen molar-refractivity contribution in [3.63, 3.8) is 0 Å². The summed E-state index contributed by atoms with van der Waals surface area (Å²) >= 11 is 2.85. The van der Waals surface area contributed by atoms with Crippen molar-refractivity contribution in [2.75, 3.05) is 5.73 Å². The van der Waals surface area contributed by atoms with Gasteiger partial charge in [0, 0.05) is 19.5 Å². The van der Waals surface area contributed by atoms with Gasteiger partial charge in [0.1, 0.15) is 0 Å². The van der Waals surface area contributed by atoms with Crippen LogP contribution in [0.3, 0.4) is 0 Å². The maximum Gasteiger partial charge on any atom is 0 e. The molecule has 3 heteroatoms. The van der Waals surface area contributed by atoms with Gasteiger partial charge in [-0.1, -0.05) is 0 Å². The summed E-state index contributed by atoms with van der Waals surface area (Å²) in [4.78, 5) is 0. The van der Waals surface area contributed by atoms with E-state index < -0.39 is 0 Å². The fourth-order valence-electron chi connectivity index (χ4n) is 0.481. The molecule has 0 saturated heterocycles. The monoisotopic (exact) mass is 236 g/mol. The van der Waals surface area contributed by atoms with Crippen LogP contribution in [0, 0.1) is 0 Å². The van der Waals surface area contributed by atoms with Gasteiger partial charge < -0.3 is 0 Å². The van der Waals surface area contributed by atoms with E-state index in [0.717, 1.165) is 10.1 Å². The number of anilines is 1. The number of rotatable bonds is 0. The Morgan fingerprint density at radius 3 is 2.11 bits per heavy atom. The second-order valence-corrected chi connectivity index (χ2v) is 2.46. The Labute approximate surface area is 75.6 Å². The van der Waals surface area contributed by atoms with Gasteiger partial charge in [-0.05, 0) is 0 Å². The quantitative estimate of drug-likeness (QED) is 0.500. The summed E-state index contributed by atoms with van der Waals surface area (Å²) in [6, 6.07) is 7.67. The van der Waals surface area contributed by atoms with Gasteiger partial charge in [0.25, 0.3) is 0 Å². The molecule has 0 atom stereocenters. The van der Waals surface area contributed by atoms with Gasteiger partial charge in [-0.25, -0.2) is 0 Å². The molecule has 0 fully saturated rings. The molecule has 43 valence electrons. The molecule has 0 saturated carbocycles. The number of para-hydroxylation sites is 1. The van der Waals surface area contributed by atoms with E-state index in [9.17, 15) is 0 Å². The van der Waals surface area contributed by atoms with Crippen LogP contribution in [0.25, 0.3) is 0 Å². The summed E-state index contributed by atoms with van der Waals surface area (Å²) in [5.41, 5.74) is 6.30. The van der Waals surface area contributed by atoms with Crippen LogP contribution in [0.4, 0.5) is 5.69 Å². The smallest absolute Gasteiger partial charge is 0 e. The third-order valence-electron chi connectivity index (χ3n) is 0.919. The van der Waals surface area contributed by atoms with E-state index >= 15 is 0 Å². The first-order chi connectivity index (χ1) is 3.80. The van der Waals surface area contributed by atoms with Crippen LogP contribution in [0.5, 0.6) is 0 Å². The zero-order chi connectivity index (χ0) is 5.98. The van der Waals surface area contributed by atoms with Crippen molar-refractivity contribution in [3.8, 4) is 0 Å². The van der Waals surface area contributed by atoms with Crippen molar-refractivity contribution < 1.29 is 19.5 Å². The van der Waals surface area contributed by atoms with E-state index in [-0.39, 0.29) is 19.5 Å². The van der Waals surface area contributed by atoms with Crippen LogP contribution in [0.15, 0.2) is 24.3 Å². The molecule has 9 heavy (non-hydrogen) atoms. The topological polar surface area (TPSA) is 26.0 Å². The number of benzene rings is 1. The maximum absolute atomic E-state index is 5.49. The fourth-order valence-corrected chi connectivity index (χ4v) is 0.788. The van der Waals surface area contributed by atoms with Crippen molar-refractivity contribution in [2.24, 2.45) is 0 Å². The number of hydrogen-bond acceptors (Lipinski definition) is 1. The Hall–Kier alpha value is 0.163. The third-order valence-corrected chi connectivity index (χ3v) is 1.70. The molecular weight excluding hydrogens is 230 g/mol. The standard InChI is InChI=1S/C6H6NSe.Zn/c7-5-3-1-2-4-6(5)8;/h1-4H,7H2;. The van der Waals surface area contributed by atoms with Crippen molar-refractivity contribution in [1.82, 2.24) is 0 Å². The number of nitrogens with two attached hydrogens (primary N) is 1. The molecule has 1 radical (unpaired) electrons. The molecule has 0 bridgehead atoms. The summed E-state index contributed by atoms with van der Waals surface area (Å²) < 4.78 is 1.02. The molecule has 0 amide bonds. The first-order valence-corrected chi connectivity index (χ1v) is 3.18. The molecule has 0 unspecified atom stereocenters. The average molecular weight is 236 g/mol. The van der Waals surface area contributed by atoms with E-state index in [1.165, 1.54) is 0 Å². The second-order valence-electron chi connectivity index (χ2n) is 1.54. The minimum absolute atomic E-state index is 0. The molecule has 1 aromatic rings. The van der Waals surface area contributed by atoms with E-state index in [0.29, 0.717) is 0 Å². The Morgan fingerprint density at radius 1 is 1.22 bits per heavy atom. The molecule has 0 aliphatic carbocycles. The van der Waals surface area contributed by atoms with Crippen LogP contribution < -0.4 is 10.2 Å². The van der Waals surface area contributed by atoms with Gasteiger partial charge in [-0.3, -0.25) is 0 Å². The minimum atomic E-state index is 0. The van der Waals surface area contributed by atoms with E-state index in [1.54, 1.807) is 0 Å². The summed E-state index contributed by atoms with van der Waals surface area (Å²) in [6.07, 6.45) is 0. The zero-order valence-corrected chi connectivity index (χ0v) is 9.68. The van der Waals surface area contributed by atoms with Gasteiger partial charge in [0.2, 0.25) is 0 Å². The van der Waals surface area contributed by atoms with Gasteiger partial charge in [-0.2, -0.15) is 0 Å². The van der Waals surface area contributed by atoms with Crippen LogP contribution in [-0.2, 0) is 19.5 Å². The molecule has 0 aliphatic heterocycles. The maximum atomic E-state index is 5.49. The Kier molecular flexibility index (Phi) is 4.13. The molecule has 1 rings (SSSR count). The van der Waals surface area contributed by atoms with Crippen molar-refractivity contribution >= 4 is 26.2 Å². The van der Waals surface area contributed by atoms with E-state index in [2.05, 4.69) is 16.0 Å². The summed E-state index contributed by atoms with van der Waals surface area (Å²) in [6.45, 7) is 0.